The Kier molecular flexibility index (Phi) is 5.99. The second-order valence-electron chi connectivity index (χ2n) is 5.60. The zero-order chi connectivity index (χ0) is 14.5. The topological polar surface area (TPSA) is 22.1 Å². The van der Waals surface area contributed by atoms with E-state index in [0.29, 0.717) is 12.0 Å². The fraction of sp³-hybridized carbons (Fsp3) is 0.706. The quantitative estimate of drug-likeness (QED) is 0.800. The molecule has 1 aromatic rings. The SMILES string of the molecule is CC.Cc1cccc(C(C)(C(C)C)C2CCCO2)n1. The van der Waals surface area contributed by atoms with Crippen LogP contribution < -0.4 is 0 Å². The van der Waals surface area contributed by atoms with Crippen molar-refractivity contribution in [1.82, 2.24) is 4.98 Å². The van der Waals surface area contributed by atoms with Crippen LogP contribution in [0.4, 0.5) is 0 Å². The predicted octanol–water partition coefficient (Wildman–Crippen LogP) is 4.51. The summed E-state index contributed by atoms with van der Waals surface area (Å²) >= 11 is 0. The van der Waals surface area contributed by atoms with Gasteiger partial charge in [0.15, 0.2) is 0 Å². The highest BCUT2D eigenvalue weighted by Gasteiger charge is 2.42. The van der Waals surface area contributed by atoms with Crippen LogP contribution in [0.25, 0.3) is 0 Å². The molecule has 0 saturated carbocycles. The van der Waals surface area contributed by atoms with Crippen molar-refractivity contribution in [2.24, 2.45) is 5.92 Å². The molecule has 1 aromatic heterocycles. The van der Waals surface area contributed by atoms with Crippen LogP contribution in [0.5, 0.6) is 0 Å². The molecule has 0 aromatic carbocycles. The minimum atomic E-state index is 0.0303. The van der Waals surface area contributed by atoms with E-state index in [2.05, 4.69) is 45.9 Å². The van der Waals surface area contributed by atoms with Gasteiger partial charge in [0, 0.05) is 23.4 Å². The fourth-order valence-electron chi connectivity index (χ4n) is 2.73. The van der Waals surface area contributed by atoms with E-state index < -0.39 is 0 Å². The van der Waals surface area contributed by atoms with Crippen LogP contribution in [0.1, 0.15) is 58.8 Å². The number of hydrogen-bond acceptors (Lipinski definition) is 2. The van der Waals surface area contributed by atoms with Crippen molar-refractivity contribution in [3.63, 3.8) is 0 Å². The Morgan fingerprint density at radius 1 is 1.32 bits per heavy atom. The Labute approximate surface area is 118 Å². The number of aryl methyl sites for hydroxylation is 1. The normalized spacial score (nSPS) is 21.7. The van der Waals surface area contributed by atoms with Gasteiger partial charge in [-0.15, -0.1) is 0 Å². The van der Waals surface area contributed by atoms with E-state index >= 15 is 0 Å². The molecule has 2 heteroatoms. The van der Waals surface area contributed by atoms with Gasteiger partial charge in [-0.2, -0.15) is 0 Å². The molecule has 0 bridgehead atoms. The van der Waals surface area contributed by atoms with E-state index in [1.54, 1.807) is 0 Å². The van der Waals surface area contributed by atoms with Gasteiger partial charge in [-0.3, -0.25) is 4.98 Å². The molecule has 0 spiro atoms. The highest BCUT2D eigenvalue weighted by atomic mass is 16.5. The van der Waals surface area contributed by atoms with Gasteiger partial charge < -0.3 is 4.74 Å². The van der Waals surface area contributed by atoms with Crippen LogP contribution in [0.15, 0.2) is 18.2 Å². The van der Waals surface area contributed by atoms with Crippen molar-refractivity contribution < 1.29 is 4.74 Å². The molecule has 0 amide bonds. The maximum atomic E-state index is 5.93. The molecule has 2 nitrogen and oxygen atoms in total. The summed E-state index contributed by atoms with van der Waals surface area (Å²) in [6.07, 6.45) is 2.65. The zero-order valence-corrected chi connectivity index (χ0v) is 13.4. The first-order valence-electron chi connectivity index (χ1n) is 7.61. The van der Waals surface area contributed by atoms with Crippen LogP contribution in [0.3, 0.4) is 0 Å². The van der Waals surface area contributed by atoms with Gasteiger partial charge >= 0.3 is 0 Å². The standard InChI is InChI=1S/C15H23NO.C2H6/c1-11(2)15(4,14-9-6-10-17-14)13-8-5-7-12(3)16-13;1-2/h5,7-8,11,14H,6,9-10H2,1-4H3;1-2H3. The van der Waals surface area contributed by atoms with E-state index in [1.807, 2.05) is 13.8 Å². The Hall–Kier alpha value is -0.890. The molecule has 1 fully saturated rings. The zero-order valence-electron chi connectivity index (χ0n) is 13.4. The maximum absolute atomic E-state index is 5.93. The van der Waals surface area contributed by atoms with Gasteiger partial charge in [-0.05, 0) is 37.8 Å². The van der Waals surface area contributed by atoms with Gasteiger partial charge in [0.2, 0.25) is 0 Å². The summed E-state index contributed by atoms with van der Waals surface area (Å²) in [5, 5.41) is 0. The van der Waals surface area contributed by atoms with E-state index in [1.165, 1.54) is 12.1 Å². The molecule has 2 heterocycles. The molecule has 1 aliphatic heterocycles. The predicted molar refractivity (Wildman–Crippen MR) is 81.5 cm³/mol. The summed E-state index contributed by atoms with van der Waals surface area (Å²) in [5.41, 5.74) is 2.30. The van der Waals surface area contributed by atoms with Crippen molar-refractivity contribution in [3.8, 4) is 0 Å². The van der Waals surface area contributed by atoms with Crippen LogP contribution in [0, 0.1) is 12.8 Å². The lowest BCUT2D eigenvalue weighted by Crippen LogP contribution is -2.42. The Morgan fingerprint density at radius 3 is 2.47 bits per heavy atom. The van der Waals surface area contributed by atoms with Crippen LogP contribution >= 0.6 is 0 Å². The van der Waals surface area contributed by atoms with Crippen molar-refractivity contribution in [1.29, 1.82) is 0 Å². The largest absolute Gasteiger partial charge is 0.377 e. The van der Waals surface area contributed by atoms with E-state index in [9.17, 15) is 0 Å². The third-order valence-corrected chi connectivity index (χ3v) is 4.24. The number of pyridine rings is 1. The maximum Gasteiger partial charge on any atom is 0.0687 e. The van der Waals surface area contributed by atoms with Gasteiger partial charge in [-0.25, -0.2) is 0 Å². The summed E-state index contributed by atoms with van der Waals surface area (Å²) in [7, 11) is 0. The summed E-state index contributed by atoms with van der Waals surface area (Å²) in [5.74, 6) is 0.528. The molecule has 108 valence electrons. The lowest BCUT2D eigenvalue weighted by molar-refractivity contribution is 0.0266. The summed E-state index contributed by atoms with van der Waals surface area (Å²) in [4.78, 5) is 4.73. The van der Waals surface area contributed by atoms with E-state index in [0.717, 1.165) is 18.7 Å². The van der Waals surface area contributed by atoms with Gasteiger partial charge in [-0.1, -0.05) is 40.7 Å². The van der Waals surface area contributed by atoms with Gasteiger partial charge in [0.25, 0.3) is 0 Å². The fourth-order valence-corrected chi connectivity index (χ4v) is 2.73. The second kappa shape index (κ2) is 7.04. The third kappa shape index (κ3) is 3.36. The Bertz CT molecular complexity index is 383. The van der Waals surface area contributed by atoms with Crippen molar-refractivity contribution >= 4 is 0 Å². The first-order valence-corrected chi connectivity index (χ1v) is 7.61. The first kappa shape index (κ1) is 16.2. The molecule has 0 N–H and O–H groups in total. The number of rotatable bonds is 3. The van der Waals surface area contributed by atoms with Crippen molar-refractivity contribution in [2.45, 2.75) is 65.9 Å². The number of hydrogen-bond donors (Lipinski definition) is 0. The minimum absolute atomic E-state index is 0.0303. The molecule has 1 saturated heterocycles. The van der Waals surface area contributed by atoms with Crippen molar-refractivity contribution in [3.05, 3.63) is 29.6 Å². The second-order valence-corrected chi connectivity index (χ2v) is 5.60. The molecule has 2 rings (SSSR count). The first-order chi connectivity index (χ1) is 9.05. The molecule has 2 atom stereocenters. The van der Waals surface area contributed by atoms with Crippen LogP contribution in [-0.4, -0.2) is 17.7 Å². The summed E-state index contributed by atoms with van der Waals surface area (Å²) < 4.78 is 5.93. The highest BCUT2D eigenvalue weighted by Crippen LogP contribution is 2.40. The van der Waals surface area contributed by atoms with Gasteiger partial charge in [0.1, 0.15) is 0 Å². The molecule has 19 heavy (non-hydrogen) atoms. The average molecular weight is 263 g/mol. The Morgan fingerprint density at radius 2 is 2.00 bits per heavy atom. The highest BCUT2D eigenvalue weighted by molar-refractivity contribution is 5.22. The van der Waals surface area contributed by atoms with E-state index in [4.69, 9.17) is 9.72 Å². The molecule has 0 aliphatic carbocycles. The summed E-state index contributed by atoms with van der Waals surface area (Å²) in [6.45, 7) is 13.8. The van der Waals surface area contributed by atoms with Crippen molar-refractivity contribution in [2.75, 3.05) is 6.61 Å². The van der Waals surface area contributed by atoms with Gasteiger partial charge in [0.05, 0.1) is 6.10 Å². The number of ether oxygens (including phenoxy) is 1. The Balaban J connectivity index is 0.000000861. The monoisotopic (exact) mass is 263 g/mol. The lowest BCUT2D eigenvalue weighted by atomic mass is 9.70. The van der Waals surface area contributed by atoms with E-state index in [-0.39, 0.29) is 5.41 Å². The molecule has 1 aliphatic rings. The molecular formula is C17H29NO. The van der Waals surface area contributed by atoms with Crippen LogP contribution in [0.2, 0.25) is 0 Å². The minimum Gasteiger partial charge on any atom is -0.377 e. The summed E-state index contributed by atoms with van der Waals surface area (Å²) in [6, 6.07) is 6.31. The average Bonchev–Trinajstić information content (AvgIpc) is 2.94. The molecule has 2 unspecified atom stereocenters. The number of nitrogens with zero attached hydrogens (tertiary/aromatic N) is 1. The third-order valence-electron chi connectivity index (χ3n) is 4.24. The molecular weight excluding hydrogens is 234 g/mol. The lowest BCUT2D eigenvalue weighted by Gasteiger charge is -2.38. The number of aromatic nitrogens is 1. The smallest absolute Gasteiger partial charge is 0.0687 e. The molecule has 0 radical (unpaired) electrons. The van der Waals surface area contributed by atoms with Crippen LogP contribution in [-0.2, 0) is 10.2 Å².